The molecule has 0 aliphatic heterocycles. The van der Waals surface area contributed by atoms with Crippen LogP contribution in [0, 0.1) is 0 Å². The first-order valence-corrected chi connectivity index (χ1v) is 11.2. The molecule has 0 amide bonds. The summed E-state index contributed by atoms with van der Waals surface area (Å²) in [5, 5.41) is 0. The van der Waals surface area contributed by atoms with Crippen molar-refractivity contribution in [3.05, 3.63) is 35.9 Å². The number of carbonyl (C=O) groups excluding carboxylic acids is 3. The molecule has 0 aliphatic rings. The van der Waals surface area contributed by atoms with Crippen molar-refractivity contribution in [3.8, 4) is 0 Å². The van der Waals surface area contributed by atoms with Gasteiger partial charge in [-0.3, -0.25) is 9.59 Å². The van der Waals surface area contributed by atoms with Crippen molar-refractivity contribution in [2.24, 2.45) is 0 Å². The minimum Gasteiger partial charge on any atom is -0.463 e. The normalized spacial score (nSPS) is 10.6. The number of esters is 2. The van der Waals surface area contributed by atoms with Crippen LogP contribution >= 0.6 is 0 Å². The van der Waals surface area contributed by atoms with E-state index in [-0.39, 0.29) is 25.8 Å². The third kappa shape index (κ3) is 14.4. The summed E-state index contributed by atoms with van der Waals surface area (Å²) in [5.41, 5.74) is 0.296. The van der Waals surface area contributed by atoms with Crippen molar-refractivity contribution in [1.82, 2.24) is 0 Å². The second-order valence-electron chi connectivity index (χ2n) is 7.15. The number of carbonyl (C=O) groups is 3. The van der Waals surface area contributed by atoms with E-state index >= 15 is 0 Å². The average Bonchev–Trinajstić information content (AvgIpc) is 2.79. The van der Waals surface area contributed by atoms with E-state index < -0.39 is 11.8 Å². The fourth-order valence-corrected chi connectivity index (χ4v) is 2.80. The first-order chi connectivity index (χ1) is 15.1. The van der Waals surface area contributed by atoms with Crippen molar-refractivity contribution < 1.29 is 33.3 Å². The van der Waals surface area contributed by atoms with E-state index in [9.17, 15) is 14.4 Å². The van der Waals surface area contributed by atoms with E-state index in [0.717, 1.165) is 12.8 Å². The van der Waals surface area contributed by atoms with Crippen LogP contribution in [-0.4, -0.2) is 57.4 Å². The lowest BCUT2D eigenvalue weighted by Crippen LogP contribution is -2.20. The molecule has 1 aromatic rings. The number of ether oxygens (including phenoxy) is 4. The number of rotatable bonds is 19. The molecule has 0 N–H and O–H groups in total. The molecule has 0 heterocycles. The Hall–Kier alpha value is -2.25. The number of benzene rings is 1. The minimum atomic E-state index is -0.899. The van der Waals surface area contributed by atoms with Crippen LogP contribution in [0.2, 0.25) is 0 Å². The van der Waals surface area contributed by atoms with Gasteiger partial charge in [0.05, 0.1) is 26.4 Å². The van der Waals surface area contributed by atoms with Gasteiger partial charge in [0.25, 0.3) is 5.78 Å². The number of hydrogen-bond acceptors (Lipinski definition) is 7. The smallest absolute Gasteiger partial charge is 0.379 e. The highest BCUT2D eigenvalue weighted by Crippen LogP contribution is 2.08. The zero-order valence-electron chi connectivity index (χ0n) is 18.6. The molecule has 0 saturated heterocycles. The van der Waals surface area contributed by atoms with Gasteiger partial charge in [-0.05, 0) is 6.42 Å². The van der Waals surface area contributed by atoms with Gasteiger partial charge in [-0.25, -0.2) is 4.79 Å². The maximum atomic E-state index is 11.8. The molecule has 0 aliphatic carbocycles. The maximum Gasteiger partial charge on any atom is 0.379 e. The van der Waals surface area contributed by atoms with Crippen molar-refractivity contribution >= 4 is 17.7 Å². The zero-order valence-corrected chi connectivity index (χ0v) is 18.6. The molecule has 0 fully saturated rings. The fraction of sp³-hybridized carbons (Fsp3) is 0.625. The van der Waals surface area contributed by atoms with Crippen LogP contribution in [0.4, 0.5) is 0 Å². The highest BCUT2D eigenvalue weighted by atomic mass is 16.6. The van der Waals surface area contributed by atoms with Crippen molar-refractivity contribution in [1.29, 1.82) is 0 Å². The van der Waals surface area contributed by atoms with E-state index in [1.165, 1.54) is 32.1 Å². The number of unbranched alkanes of at least 4 members (excludes halogenated alkanes) is 6. The van der Waals surface area contributed by atoms with E-state index in [2.05, 4.69) is 6.92 Å². The van der Waals surface area contributed by atoms with Gasteiger partial charge < -0.3 is 18.9 Å². The Bertz CT molecular complexity index is 616. The van der Waals surface area contributed by atoms with Crippen LogP contribution < -0.4 is 0 Å². The van der Waals surface area contributed by atoms with Crippen molar-refractivity contribution in [3.63, 3.8) is 0 Å². The molecule has 0 atom stereocenters. The predicted molar refractivity (Wildman–Crippen MR) is 117 cm³/mol. The first kappa shape index (κ1) is 26.8. The lowest BCUT2D eigenvalue weighted by molar-refractivity contribution is -0.145. The van der Waals surface area contributed by atoms with Crippen LogP contribution in [-0.2, 0) is 28.5 Å². The largest absolute Gasteiger partial charge is 0.463 e. The van der Waals surface area contributed by atoms with Crippen LogP contribution in [0.15, 0.2) is 30.3 Å². The molecule has 174 valence electrons. The number of hydrogen-bond donors (Lipinski definition) is 0. The van der Waals surface area contributed by atoms with Gasteiger partial charge in [-0.1, -0.05) is 75.8 Å². The standard InChI is InChI=1S/C24H36O7/c1-2-3-4-5-6-7-11-14-22(25)30-19-17-28-15-16-29-18-20-31-24(27)23(26)21-12-9-8-10-13-21/h8-10,12-13H,2-7,11,14-20H2,1H3. The summed E-state index contributed by atoms with van der Waals surface area (Å²) in [7, 11) is 0. The zero-order chi connectivity index (χ0) is 22.6. The summed E-state index contributed by atoms with van der Waals surface area (Å²) in [6.45, 7) is 3.56. The highest BCUT2D eigenvalue weighted by molar-refractivity contribution is 6.40. The average molecular weight is 437 g/mol. The molecule has 1 aromatic carbocycles. The maximum absolute atomic E-state index is 11.8. The van der Waals surface area contributed by atoms with Gasteiger partial charge in [0.2, 0.25) is 0 Å². The summed E-state index contributed by atoms with van der Waals surface area (Å²) >= 11 is 0. The second kappa shape index (κ2) is 18.5. The van der Waals surface area contributed by atoms with Crippen molar-refractivity contribution in [2.45, 2.75) is 58.3 Å². The third-order valence-electron chi connectivity index (χ3n) is 4.53. The van der Waals surface area contributed by atoms with Gasteiger partial charge in [-0.15, -0.1) is 0 Å². The molecule has 0 saturated carbocycles. The van der Waals surface area contributed by atoms with Gasteiger partial charge in [0, 0.05) is 12.0 Å². The molecular weight excluding hydrogens is 400 g/mol. The SMILES string of the molecule is CCCCCCCCCC(=O)OCCOCCOCCOC(=O)C(=O)c1ccccc1. The first-order valence-electron chi connectivity index (χ1n) is 11.2. The molecule has 0 radical (unpaired) electrons. The second-order valence-corrected chi connectivity index (χ2v) is 7.15. The summed E-state index contributed by atoms with van der Waals surface area (Å²) in [5.74, 6) is -1.75. The molecule has 0 spiro atoms. The van der Waals surface area contributed by atoms with Crippen LogP contribution in [0.25, 0.3) is 0 Å². The number of Topliss-reactive ketones (excluding diaryl/α,β-unsaturated/α-hetero) is 1. The molecular formula is C24H36O7. The molecule has 1 rings (SSSR count). The predicted octanol–water partition coefficient (Wildman–Crippen LogP) is 4.13. The quantitative estimate of drug-likeness (QED) is 0.139. The molecule has 7 nitrogen and oxygen atoms in total. The monoisotopic (exact) mass is 436 g/mol. The Kier molecular flexibility index (Phi) is 16.0. The Morgan fingerprint density at radius 2 is 1.23 bits per heavy atom. The Morgan fingerprint density at radius 3 is 1.87 bits per heavy atom. The van der Waals surface area contributed by atoms with Gasteiger partial charge in [-0.2, -0.15) is 0 Å². The lowest BCUT2D eigenvalue weighted by atomic mass is 10.1. The molecule has 7 heteroatoms. The summed E-state index contributed by atoms with van der Waals surface area (Å²) < 4.78 is 20.6. The Morgan fingerprint density at radius 1 is 0.677 bits per heavy atom. The van der Waals surface area contributed by atoms with Crippen molar-refractivity contribution in [2.75, 3.05) is 39.6 Å². The van der Waals surface area contributed by atoms with E-state index in [1.807, 2.05) is 0 Å². The van der Waals surface area contributed by atoms with Crippen LogP contribution in [0.1, 0.15) is 68.6 Å². The van der Waals surface area contributed by atoms with Gasteiger partial charge >= 0.3 is 11.9 Å². The van der Waals surface area contributed by atoms with Gasteiger partial charge in [0.1, 0.15) is 13.2 Å². The third-order valence-corrected chi connectivity index (χ3v) is 4.53. The Labute approximate surface area is 185 Å². The summed E-state index contributed by atoms with van der Waals surface area (Å²) in [4.78, 5) is 35.1. The molecule has 0 bridgehead atoms. The fourth-order valence-electron chi connectivity index (χ4n) is 2.80. The highest BCUT2D eigenvalue weighted by Gasteiger charge is 2.17. The van der Waals surface area contributed by atoms with Crippen LogP contribution in [0.5, 0.6) is 0 Å². The summed E-state index contributed by atoms with van der Waals surface area (Å²) in [6.07, 6.45) is 8.64. The molecule has 0 unspecified atom stereocenters. The molecule has 0 aromatic heterocycles. The van der Waals surface area contributed by atoms with Gasteiger partial charge in [0.15, 0.2) is 0 Å². The summed E-state index contributed by atoms with van der Waals surface area (Å²) in [6, 6.07) is 8.25. The Balaban J connectivity index is 1.86. The van der Waals surface area contributed by atoms with E-state index in [0.29, 0.717) is 31.8 Å². The van der Waals surface area contributed by atoms with Crippen LogP contribution in [0.3, 0.4) is 0 Å². The number of ketones is 1. The van der Waals surface area contributed by atoms with E-state index in [1.54, 1.807) is 30.3 Å². The minimum absolute atomic E-state index is 0.00633. The van der Waals surface area contributed by atoms with E-state index in [4.69, 9.17) is 18.9 Å². The lowest BCUT2D eigenvalue weighted by Gasteiger charge is -2.08. The topological polar surface area (TPSA) is 88.1 Å². The molecule has 31 heavy (non-hydrogen) atoms.